The van der Waals surface area contributed by atoms with Gasteiger partial charge in [-0.3, -0.25) is 4.68 Å². The lowest BCUT2D eigenvalue weighted by Crippen LogP contribution is -1.99. The summed E-state index contributed by atoms with van der Waals surface area (Å²) in [6.07, 6.45) is 6.31. The molecule has 11 heavy (non-hydrogen) atoms. The average Bonchev–Trinajstić information content (AvgIpc) is 2.59. The maximum absolute atomic E-state index is 5.49. The van der Waals surface area contributed by atoms with Crippen LogP contribution in [0.15, 0.2) is 12.4 Å². The first-order valence-corrected chi connectivity index (χ1v) is 3.62. The summed E-state index contributed by atoms with van der Waals surface area (Å²) in [5.41, 5.74) is 6.26. The highest BCUT2D eigenvalue weighted by Gasteiger charge is 2.21. The van der Waals surface area contributed by atoms with Crippen molar-refractivity contribution >= 4 is 18.1 Å². The number of aromatic nitrogens is 2. The van der Waals surface area contributed by atoms with Crippen molar-refractivity contribution in [2.24, 2.45) is 5.92 Å². The van der Waals surface area contributed by atoms with Gasteiger partial charge < -0.3 is 5.73 Å². The molecule has 1 heterocycles. The molecule has 0 amide bonds. The van der Waals surface area contributed by atoms with Crippen molar-refractivity contribution in [1.82, 2.24) is 9.78 Å². The van der Waals surface area contributed by atoms with Crippen molar-refractivity contribution in [3.05, 3.63) is 12.4 Å². The second-order valence-corrected chi connectivity index (χ2v) is 2.94. The minimum Gasteiger partial charge on any atom is -0.396 e. The van der Waals surface area contributed by atoms with Crippen LogP contribution < -0.4 is 5.73 Å². The van der Waals surface area contributed by atoms with Gasteiger partial charge in [-0.25, -0.2) is 0 Å². The smallest absolute Gasteiger partial charge is 0.0719 e. The summed E-state index contributed by atoms with van der Waals surface area (Å²) in [4.78, 5) is 0. The van der Waals surface area contributed by atoms with Gasteiger partial charge in [0.15, 0.2) is 0 Å². The van der Waals surface area contributed by atoms with Crippen LogP contribution in [0.25, 0.3) is 0 Å². The van der Waals surface area contributed by atoms with E-state index in [0.717, 1.165) is 18.2 Å². The molecule has 0 saturated heterocycles. The van der Waals surface area contributed by atoms with Gasteiger partial charge in [-0.15, -0.1) is 12.4 Å². The van der Waals surface area contributed by atoms with Crippen molar-refractivity contribution < 1.29 is 0 Å². The van der Waals surface area contributed by atoms with Crippen molar-refractivity contribution in [2.45, 2.75) is 19.4 Å². The zero-order valence-corrected chi connectivity index (χ0v) is 7.05. The predicted octanol–water partition coefficient (Wildman–Crippen LogP) is 1.30. The van der Waals surface area contributed by atoms with Crippen LogP contribution in [0.1, 0.15) is 12.8 Å². The van der Waals surface area contributed by atoms with E-state index in [1.54, 1.807) is 6.20 Å². The van der Waals surface area contributed by atoms with Gasteiger partial charge in [0.25, 0.3) is 0 Å². The van der Waals surface area contributed by atoms with Crippen molar-refractivity contribution in [1.29, 1.82) is 0 Å². The van der Waals surface area contributed by atoms with E-state index in [4.69, 9.17) is 5.73 Å². The lowest BCUT2D eigenvalue weighted by Gasteiger charge is -1.95. The Morgan fingerprint density at radius 1 is 1.64 bits per heavy atom. The molecule has 0 aliphatic heterocycles. The van der Waals surface area contributed by atoms with Crippen LogP contribution in [0, 0.1) is 5.92 Å². The number of hydrogen-bond acceptors (Lipinski definition) is 2. The first-order valence-electron chi connectivity index (χ1n) is 3.62. The molecule has 1 aliphatic rings. The standard InChI is InChI=1S/C7H11N3.ClH/c8-7-3-9-10(5-7)4-6-1-2-6;/h3,5-6H,1-2,4,8H2;1H. The Labute approximate surface area is 72.0 Å². The van der Waals surface area contributed by atoms with Gasteiger partial charge in [-0.05, 0) is 18.8 Å². The SMILES string of the molecule is Cl.Nc1cnn(CC2CC2)c1. The number of nitrogens with zero attached hydrogens (tertiary/aromatic N) is 2. The minimum absolute atomic E-state index is 0. The number of hydrogen-bond donors (Lipinski definition) is 1. The fourth-order valence-corrected chi connectivity index (χ4v) is 1.04. The van der Waals surface area contributed by atoms with E-state index in [9.17, 15) is 0 Å². The molecule has 0 bridgehead atoms. The van der Waals surface area contributed by atoms with Crippen LogP contribution in [0.4, 0.5) is 5.69 Å². The first-order chi connectivity index (χ1) is 4.84. The normalized spacial score (nSPS) is 16.0. The van der Waals surface area contributed by atoms with Crippen LogP contribution in [0.5, 0.6) is 0 Å². The summed E-state index contributed by atoms with van der Waals surface area (Å²) in [6, 6.07) is 0. The molecule has 0 radical (unpaired) electrons. The molecule has 1 aliphatic carbocycles. The molecule has 1 saturated carbocycles. The fourth-order valence-electron chi connectivity index (χ4n) is 1.04. The van der Waals surface area contributed by atoms with Crippen LogP contribution in [0.3, 0.4) is 0 Å². The molecule has 2 N–H and O–H groups in total. The Kier molecular flexibility index (Phi) is 2.39. The Balaban J connectivity index is 0.000000605. The zero-order chi connectivity index (χ0) is 6.97. The van der Waals surface area contributed by atoms with E-state index < -0.39 is 0 Å². The Bertz CT molecular complexity index is 229. The summed E-state index contributed by atoms with van der Waals surface area (Å²) >= 11 is 0. The van der Waals surface area contributed by atoms with Crippen molar-refractivity contribution in [3.63, 3.8) is 0 Å². The fraction of sp³-hybridized carbons (Fsp3) is 0.571. The molecule has 1 aromatic heterocycles. The van der Waals surface area contributed by atoms with E-state index in [0.29, 0.717) is 0 Å². The third-order valence-corrected chi connectivity index (χ3v) is 1.80. The molecule has 0 atom stereocenters. The summed E-state index contributed by atoms with van der Waals surface area (Å²) in [6.45, 7) is 1.05. The highest BCUT2D eigenvalue weighted by molar-refractivity contribution is 5.85. The number of rotatable bonds is 2. The summed E-state index contributed by atoms with van der Waals surface area (Å²) in [5.74, 6) is 0.874. The average molecular weight is 174 g/mol. The van der Waals surface area contributed by atoms with E-state index in [1.807, 2.05) is 10.9 Å². The van der Waals surface area contributed by atoms with Gasteiger partial charge in [0, 0.05) is 12.7 Å². The second-order valence-electron chi connectivity index (χ2n) is 2.94. The Morgan fingerprint density at radius 2 is 2.36 bits per heavy atom. The topological polar surface area (TPSA) is 43.8 Å². The van der Waals surface area contributed by atoms with E-state index in [2.05, 4.69) is 5.10 Å². The van der Waals surface area contributed by atoms with Gasteiger partial charge in [0.2, 0.25) is 0 Å². The predicted molar refractivity (Wildman–Crippen MR) is 46.6 cm³/mol. The molecular formula is C7H12ClN3. The Hall–Kier alpha value is -0.700. The lowest BCUT2D eigenvalue weighted by atomic mass is 10.4. The summed E-state index contributed by atoms with van der Waals surface area (Å²) in [5, 5.41) is 4.09. The second kappa shape index (κ2) is 3.13. The van der Waals surface area contributed by atoms with E-state index >= 15 is 0 Å². The van der Waals surface area contributed by atoms with Gasteiger partial charge in [0.1, 0.15) is 0 Å². The molecule has 1 aromatic rings. The minimum atomic E-state index is 0. The van der Waals surface area contributed by atoms with E-state index in [-0.39, 0.29) is 12.4 Å². The monoisotopic (exact) mass is 173 g/mol. The molecule has 0 aromatic carbocycles. The molecule has 4 heteroatoms. The number of anilines is 1. The third-order valence-electron chi connectivity index (χ3n) is 1.80. The summed E-state index contributed by atoms with van der Waals surface area (Å²) < 4.78 is 1.92. The van der Waals surface area contributed by atoms with Gasteiger partial charge in [-0.1, -0.05) is 0 Å². The molecule has 0 spiro atoms. The Morgan fingerprint density at radius 3 is 2.82 bits per heavy atom. The van der Waals surface area contributed by atoms with Crippen LogP contribution in [0.2, 0.25) is 0 Å². The molecule has 2 rings (SSSR count). The molecule has 62 valence electrons. The van der Waals surface area contributed by atoms with Crippen LogP contribution >= 0.6 is 12.4 Å². The van der Waals surface area contributed by atoms with E-state index in [1.165, 1.54) is 12.8 Å². The largest absolute Gasteiger partial charge is 0.396 e. The maximum Gasteiger partial charge on any atom is 0.0719 e. The van der Waals surface area contributed by atoms with Crippen LogP contribution in [-0.4, -0.2) is 9.78 Å². The molecular weight excluding hydrogens is 162 g/mol. The molecule has 0 unspecified atom stereocenters. The van der Waals surface area contributed by atoms with Crippen LogP contribution in [-0.2, 0) is 6.54 Å². The summed E-state index contributed by atoms with van der Waals surface area (Å²) in [7, 11) is 0. The maximum atomic E-state index is 5.49. The highest BCUT2D eigenvalue weighted by atomic mass is 35.5. The highest BCUT2D eigenvalue weighted by Crippen LogP contribution is 2.30. The number of nitrogens with two attached hydrogens (primary N) is 1. The lowest BCUT2D eigenvalue weighted by molar-refractivity contribution is 0.563. The number of halogens is 1. The van der Waals surface area contributed by atoms with Crippen molar-refractivity contribution in [3.8, 4) is 0 Å². The zero-order valence-electron chi connectivity index (χ0n) is 6.23. The molecule has 1 fully saturated rings. The van der Waals surface area contributed by atoms with Crippen molar-refractivity contribution in [2.75, 3.05) is 5.73 Å². The van der Waals surface area contributed by atoms with Gasteiger partial charge in [-0.2, -0.15) is 5.10 Å². The quantitative estimate of drug-likeness (QED) is 0.733. The third kappa shape index (κ3) is 2.12. The molecule has 3 nitrogen and oxygen atoms in total. The first kappa shape index (κ1) is 8.40. The number of nitrogen functional groups attached to an aromatic ring is 1. The van der Waals surface area contributed by atoms with Gasteiger partial charge >= 0.3 is 0 Å². The van der Waals surface area contributed by atoms with Gasteiger partial charge in [0.05, 0.1) is 11.9 Å².